The Morgan fingerprint density at radius 3 is 2.43 bits per heavy atom. The van der Waals surface area contributed by atoms with Crippen molar-refractivity contribution in [1.82, 2.24) is 9.97 Å². The molecule has 14 heavy (non-hydrogen) atoms. The summed E-state index contributed by atoms with van der Waals surface area (Å²) in [5, 5.41) is 0.721. The number of imidazole rings is 1. The number of halogens is 1. The first-order valence-electron chi connectivity index (χ1n) is 4.25. The van der Waals surface area contributed by atoms with Gasteiger partial charge in [0.1, 0.15) is 0 Å². The van der Waals surface area contributed by atoms with Crippen LogP contribution in [0, 0.1) is 6.92 Å². The third kappa shape index (κ3) is 1.59. The van der Waals surface area contributed by atoms with Gasteiger partial charge >= 0.3 is 0 Å². The molecule has 0 aliphatic rings. The van der Waals surface area contributed by atoms with Crippen molar-refractivity contribution in [3.8, 4) is 11.3 Å². The van der Waals surface area contributed by atoms with Crippen LogP contribution in [0.1, 0.15) is 5.69 Å². The van der Waals surface area contributed by atoms with Crippen LogP contribution in [-0.2, 0) is 0 Å². The van der Waals surface area contributed by atoms with Crippen LogP contribution >= 0.6 is 11.6 Å². The summed E-state index contributed by atoms with van der Waals surface area (Å²) in [5.41, 5.74) is 8.43. The summed E-state index contributed by atoms with van der Waals surface area (Å²) in [6, 6.07) is 7.55. The van der Waals surface area contributed by atoms with Gasteiger partial charge in [-0.25, -0.2) is 4.98 Å². The Morgan fingerprint density at radius 1 is 1.29 bits per heavy atom. The first kappa shape index (κ1) is 9.09. The highest BCUT2D eigenvalue weighted by atomic mass is 35.5. The normalized spacial score (nSPS) is 10.4. The predicted octanol–water partition coefficient (Wildman–Crippen LogP) is 2.62. The fourth-order valence-electron chi connectivity index (χ4n) is 1.38. The van der Waals surface area contributed by atoms with Crippen molar-refractivity contribution >= 4 is 17.5 Å². The first-order valence-corrected chi connectivity index (χ1v) is 4.62. The predicted molar refractivity (Wildman–Crippen MR) is 58.2 cm³/mol. The molecule has 0 bridgehead atoms. The highest BCUT2D eigenvalue weighted by Crippen LogP contribution is 2.23. The Balaban J connectivity index is 2.49. The molecule has 0 fully saturated rings. The van der Waals surface area contributed by atoms with Gasteiger partial charge in [0.25, 0.3) is 0 Å². The molecule has 3 N–H and O–H groups in total. The average molecular weight is 208 g/mol. The lowest BCUT2D eigenvalue weighted by Crippen LogP contribution is -1.85. The van der Waals surface area contributed by atoms with E-state index >= 15 is 0 Å². The SMILES string of the molecule is Cc1nc(N)[nH]c1-c1ccc(Cl)cc1. The molecule has 4 heteroatoms. The Labute approximate surface area is 86.9 Å². The summed E-state index contributed by atoms with van der Waals surface area (Å²) in [6.07, 6.45) is 0. The number of nitrogen functional groups attached to an aromatic ring is 1. The topological polar surface area (TPSA) is 54.7 Å². The van der Waals surface area contributed by atoms with Crippen LogP contribution in [-0.4, -0.2) is 9.97 Å². The van der Waals surface area contributed by atoms with Gasteiger partial charge < -0.3 is 10.7 Å². The number of aromatic nitrogens is 2. The number of hydrogen-bond acceptors (Lipinski definition) is 2. The van der Waals surface area contributed by atoms with Gasteiger partial charge in [-0.1, -0.05) is 23.7 Å². The summed E-state index contributed by atoms with van der Waals surface area (Å²) in [6.45, 7) is 1.91. The minimum absolute atomic E-state index is 0.437. The maximum atomic E-state index is 5.79. The molecule has 0 radical (unpaired) electrons. The van der Waals surface area contributed by atoms with Crippen LogP contribution in [0.2, 0.25) is 5.02 Å². The molecule has 0 amide bonds. The molecule has 0 saturated heterocycles. The van der Waals surface area contributed by atoms with Gasteiger partial charge in [-0.05, 0) is 24.6 Å². The monoisotopic (exact) mass is 207 g/mol. The zero-order valence-corrected chi connectivity index (χ0v) is 8.47. The van der Waals surface area contributed by atoms with E-state index in [1.165, 1.54) is 0 Å². The van der Waals surface area contributed by atoms with Crippen LogP contribution in [0.4, 0.5) is 5.95 Å². The summed E-state index contributed by atoms with van der Waals surface area (Å²) in [5.74, 6) is 0.437. The van der Waals surface area contributed by atoms with Crippen molar-refractivity contribution in [1.29, 1.82) is 0 Å². The van der Waals surface area contributed by atoms with Crippen LogP contribution in [0.25, 0.3) is 11.3 Å². The molecule has 0 saturated carbocycles. The van der Waals surface area contributed by atoms with Gasteiger partial charge in [0.05, 0.1) is 11.4 Å². The standard InChI is InChI=1S/C10H10ClN3/c1-6-9(14-10(12)13-6)7-2-4-8(11)5-3-7/h2-5H,1H3,(H3,12,13,14). The van der Waals surface area contributed by atoms with E-state index in [-0.39, 0.29) is 0 Å². The molecule has 1 heterocycles. The Hall–Kier alpha value is -1.48. The molecule has 2 aromatic rings. The number of benzene rings is 1. The van der Waals surface area contributed by atoms with E-state index in [1.54, 1.807) is 0 Å². The van der Waals surface area contributed by atoms with Gasteiger partial charge in [0.15, 0.2) is 5.95 Å². The van der Waals surface area contributed by atoms with Gasteiger partial charge in [-0.3, -0.25) is 0 Å². The number of nitrogens with one attached hydrogen (secondary N) is 1. The molecule has 3 nitrogen and oxygen atoms in total. The maximum absolute atomic E-state index is 5.79. The number of H-pyrrole nitrogens is 1. The van der Waals surface area contributed by atoms with Crippen molar-refractivity contribution in [2.24, 2.45) is 0 Å². The zero-order valence-electron chi connectivity index (χ0n) is 7.71. The summed E-state index contributed by atoms with van der Waals surface area (Å²) in [7, 11) is 0. The van der Waals surface area contributed by atoms with Gasteiger partial charge in [-0.15, -0.1) is 0 Å². The van der Waals surface area contributed by atoms with E-state index in [4.69, 9.17) is 17.3 Å². The maximum Gasteiger partial charge on any atom is 0.198 e. The van der Waals surface area contributed by atoms with E-state index in [2.05, 4.69) is 9.97 Å². The second-order valence-corrected chi connectivity index (χ2v) is 3.53. The van der Waals surface area contributed by atoms with Gasteiger partial charge in [0.2, 0.25) is 0 Å². The molecule has 0 spiro atoms. The summed E-state index contributed by atoms with van der Waals surface area (Å²) >= 11 is 5.79. The number of hydrogen-bond donors (Lipinski definition) is 2. The zero-order chi connectivity index (χ0) is 10.1. The third-order valence-corrected chi connectivity index (χ3v) is 2.29. The third-order valence-electron chi connectivity index (χ3n) is 2.04. The number of aromatic amines is 1. The van der Waals surface area contributed by atoms with Gasteiger partial charge in [-0.2, -0.15) is 0 Å². The highest BCUT2D eigenvalue weighted by molar-refractivity contribution is 6.30. The van der Waals surface area contributed by atoms with Crippen LogP contribution in [0.3, 0.4) is 0 Å². The number of rotatable bonds is 1. The first-order chi connectivity index (χ1) is 6.66. The molecule has 1 aromatic carbocycles. The van der Waals surface area contributed by atoms with Crippen molar-refractivity contribution < 1.29 is 0 Å². The number of nitrogens with two attached hydrogens (primary N) is 1. The quantitative estimate of drug-likeness (QED) is 0.755. The Bertz CT molecular complexity index is 445. The smallest absolute Gasteiger partial charge is 0.198 e. The summed E-state index contributed by atoms with van der Waals surface area (Å²) in [4.78, 5) is 7.10. The van der Waals surface area contributed by atoms with E-state index in [1.807, 2.05) is 31.2 Å². The molecule has 0 atom stereocenters. The van der Waals surface area contributed by atoms with E-state index in [9.17, 15) is 0 Å². The van der Waals surface area contributed by atoms with E-state index < -0.39 is 0 Å². The second-order valence-electron chi connectivity index (χ2n) is 3.09. The fourth-order valence-corrected chi connectivity index (χ4v) is 1.51. The lowest BCUT2D eigenvalue weighted by atomic mass is 10.1. The molecule has 2 rings (SSSR count). The number of aryl methyl sites for hydroxylation is 1. The fraction of sp³-hybridized carbons (Fsp3) is 0.100. The van der Waals surface area contributed by atoms with E-state index in [0.29, 0.717) is 5.95 Å². The highest BCUT2D eigenvalue weighted by Gasteiger charge is 2.05. The molecule has 0 unspecified atom stereocenters. The average Bonchev–Trinajstić information content (AvgIpc) is 2.47. The Kier molecular flexibility index (Phi) is 2.17. The molecule has 1 aromatic heterocycles. The van der Waals surface area contributed by atoms with E-state index in [0.717, 1.165) is 22.0 Å². The van der Waals surface area contributed by atoms with Crippen LogP contribution in [0.5, 0.6) is 0 Å². The lowest BCUT2D eigenvalue weighted by molar-refractivity contribution is 1.26. The Morgan fingerprint density at radius 2 is 1.93 bits per heavy atom. The van der Waals surface area contributed by atoms with Crippen LogP contribution < -0.4 is 5.73 Å². The number of nitrogens with zero attached hydrogens (tertiary/aromatic N) is 1. The molecule has 0 aliphatic heterocycles. The molecule has 72 valence electrons. The van der Waals surface area contributed by atoms with Gasteiger partial charge in [0, 0.05) is 5.02 Å². The van der Waals surface area contributed by atoms with Crippen molar-refractivity contribution in [2.45, 2.75) is 6.92 Å². The number of anilines is 1. The summed E-state index contributed by atoms with van der Waals surface area (Å²) < 4.78 is 0. The minimum atomic E-state index is 0.437. The molecular weight excluding hydrogens is 198 g/mol. The van der Waals surface area contributed by atoms with Crippen LogP contribution in [0.15, 0.2) is 24.3 Å². The van der Waals surface area contributed by atoms with Crippen molar-refractivity contribution in [2.75, 3.05) is 5.73 Å². The molecular formula is C10H10ClN3. The largest absolute Gasteiger partial charge is 0.369 e. The minimum Gasteiger partial charge on any atom is -0.369 e. The second kappa shape index (κ2) is 3.35. The van der Waals surface area contributed by atoms with Crippen molar-refractivity contribution in [3.63, 3.8) is 0 Å². The molecule has 0 aliphatic carbocycles. The lowest BCUT2D eigenvalue weighted by Gasteiger charge is -1.98. The van der Waals surface area contributed by atoms with Crippen molar-refractivity contribution in [3.05, 3.63) is 35.0 Å².